The minimum atomic E-state index is -0.406. The minimum absolute atomic E-state index is 0.0498. The van der Waals surface area contributed by atoms with E-state index in [1.807, 2.05) is 0 Å². The Morgan fingerprint density at radius 1 is 0.794 bits per heavy atom. The van der Waals surface area contributed by atoms with Crippen LogP contribution in [0.15, 0.2) is 41.8 Å². The van der Waals surface area contributed by atoms with Gasteiger partial charge in [-0.2, -0.15) is 0 Å². The van der Waals surface area contributed by atoms with Crippen molar-refractivity contribution < 1.29 is 14.4 Å². The number of anilines is 3. The van der Waals surface area contributed by atoms with E-state index in [1.54, 1.807) is 71.6 Å². The van der Waals surface area contributed by atoms with Gasteiger partial charge >= 0.3 is 0 Å². The Bertz CT molecular complexity index is 1260. The molecular formula is C21H28N10O3. The number of aryl methyl sites for hydroxylation is 3. The largest absolute Gasteiger partial charge is 0.397 e. The zero-order valence-electron chi connectivity index (χ0n) is 19.1. The van der Waals surface area contributed by atoms with Gasteiger partial charge in [0.15, 0.2) is 5.96 Å². The number of nitrogens with one attached hydrogen (secondary N) is 3. The Labute approximate surface area is 195 Å². The fourth-order valence-corrected chi connectivity index (χ4v) is 3.37. The Morgan fingerprint density at radius 2 is 1.26 bits per heavy atom. The monoisotopic (exact) mass is 468 g/mol. The Morgan fingerprint density at radius 3 is 1.74 bits per heavy atom. The summed E-state index contributed by atoms with van der Waals surface area (Å²) in [5.74, 6) is -1.14. The van der Waals surface area contributed by atoms with E-state index in [0.29, 0.717) is 34.1 Å². The smallest absolute Gasteiger partial charge is 0.272 e. The number of guanidine groups is 1. The number of carbonyl (C=O) groups is 3. The van der Waals surface area contributed by atoms with Crippen LogP contribution in [0.25, 0.3) is 0 Å². The van der Waals surface area contributed by atoms with Crippen molar-refractivity contribution in [2.75, 3.05) is 29.5 Å². The number of amides is 3. The van der Waals surface area contributed by atoms with Gasteiger partial charge in [0.25, 0.3) is 17.7 Å². The minimum Gasteiger partial charge on any atom is -0.397 e. The molecule has 0 radical (unpaired) electrons. The van der Waals surface area contributed by atoms with E-state index >= 15 is 0 Å². The van der Waals surface area contributed by atoms with Crippen molar-refractivity contribution in [1.82, 2.24) is 19.0 Å². The summed E-state index contributed by atoms with van der Waals surface area (Å²) in [4.78, 5) is 41.5. The molecule has 9 N–H and O–H groups in total. The normalized spacial score (nSPS) is 10.6. The lowest BCUT2D eigenvalue weighted by Crippen LogP contribution is -2.29. The zero-order valence-corrected chi connectivity index (χ0v) is 19.1. The third-order valence-corrected chi connectivity index (χ3v) is 4.94. The number of carbonyl (C=O) groups excluding carboxylic acids is 3. The molecule has 0 aliphatic carbocycles. The summed E-state index contributed by atoms with van der Waals surface area (Å²) in [6, 6.07) is 4.68. The van der Waals surface area contributed by atoms with Crippen LogP contribution in [-0.4, -0.2) is 50.5 Å². The molecule has 0 spiro atoms. The average Bonchev–Trinajstić information content (AvgIpc) is 3.41. The van der Waals surface area contributed by atoms with Crippen LogP contribution in [0.3, 0.4) is 0 Å². The van der Waals surface area contributed by atoms with Crippen molar-refractivity contribution in [3.8, 4) is 0 Å². The van der Waals surface area contributed by atoms with Crippen molar-refractivity contribution in [1.29, 1.82) is 0 Å². The highest BCUT2D eigenvalue weighted by Crippen LogP contribution is 2.19. The van der Waals surface area contributed by atoms with E-state index in [9.17, 15) is 14.4 Å². The van der Waals surface area contributed by atoms with Gasteiger partial charge in [0.05, 0.1) is 23.6 Å². The molecule has 13 nitrogen and oxygen atoms in total. The van der Waals surface area contributed by atoms with Gasteiger partial charge in [0, 0.05) is 46.3 Å². The van der Waals surface area contributed by atoms with Crippen molar-refractivity contribution in [2.45, 2.75) is 0 Å². The second-order valence-electron chi connectivity index (χ2n) is 7.69. The molecule has 0 saturated carbocycles. The highest BCUT2D eigenvalue weighted by atomic mass is 16.2. The molecule has 3 amide bonds. The number of nitrogen functional groups attached to an aromatic ring is 1. The Hall–Kier alpha value is -4.68. The van der Waals surface area contributed by atoms with Crippen LogP contribution in [0.2, 0.25) is 0 Å². The number of hydrogen-bond acceptors (Lipinski definition) is 5. The average molecular weight is 469 g/mol. The van der Waals surface area contributed by atoms with Gasteiger partial charge in [-0.05, 0) is 18.2 Å². The Balaban J connectivity index is 1.65. The Kier molecular flexibility index (Phi) is 6.95. The highest BCUT2D eigenvalue weighted by Gasteiger charge is 2.18. The summed E-state index contributed by atoms with van der Waals surface area (Å²) < 4.78 is 4.80. The van der Waals surface area contributed by atoms with Gasteiger partial charge in [-0.1, -0.05) is 0 Å². The predicted octanol–water partition coefficient (Wildman–Crippen LogP) is -0.208. The van der Waals surface area contributed by atoms with Crippen LogP contribution < -0.4 is 33.2 Å². The molecule has 0 aromatic carbocycles. The molecule has 13 heteroatoms. The molecular weight excluding hydrogens is 440 g/mol. The summed E-state index contributed by atoms with van der Waals surface area (Å²) in [6.07, 6.45) is 4.88. The summed E-state index contributed by atoms with van der Waals surface area (Å²) in [5, 5.41) is 8.21. The molecule has 3 aromatic heterocycles. The van der Waals surface area contributed by atoms with Crippen molar-refractivity contribution >= 4 is 40.7 Å². The highest BCUT2D eigenvalue weighted by molar-refractivity contribution is 6.07. The second kappa shape index (κ2) is 9.85. The van der Waals surface area contributed by atoms with Crippen LogP contribution >= 0.6 is 0 Å². The van der Waals surface area contributed by atoms with Gasteiger partial charge in [0.2, 0.25) is 0 Å². The molecule has 3 heterocycles. The fourth-order valence-electron chi connectivity index (χ4n) is 3.37. The molecule has 0 bridgehead atoms. The van der Waals surface area contributed by atoms with Crippen LogP contribution in [-0.2, 0) is 21.1 Å². The summed E-state index contributed by atoms with van der Waals surface area (Å²) in [6.45, 7) is 0.517. The van der Waals surface area contributed by atoms with E-state index in [1.165, 1.54) is 0 Å². The number of aliphatic imine (C=N–C) groups is 1. The van der Waals surface area contributed by atoms with Crippen LogP contribution in [0.5, 0.6) is 0 Å². The summed E-state index contributed by atoms with van der Waals surface area (Å²) >= 11 is 0. The summed E-state index contributed by atoms with van der Waals surface area (Å²) in [7, 11) is 5.09. The first kappa shape index (κ1) is 24.0. The predicted molar refractivity (Wildman–Crippen MR) is 130 cm³/mol. The number of rotatable bonds is 8. The maximum atomic E-state index is 12.8. The lowest BCUT2D eigenvalue weighted by molar-refractivity contribution is 0.0945. The van der Waals surface area contributed by atoms with Crippen molar-refractivity contribution in [2.24, 2.45) is 37.6 Å². The standard InChI is InChI=1S/C21H28N10O3/c1-29-9-12(22)6-15(29)19(33)27-14-8-17(31(3)11-14)20(34)28-13-7-16(30(2)10-13)18(32)25-4-5-26-21(23)24/h6-11H,4-5,22H2,1-3H3,(H,25,32)(H,27,33)(H,28,34)(H4,23,24,26). The second-order valence-corrected chi connectivity index (χ2v) is 7.69. The number of hydrogen-bond donors (Lipinski definition) is 6. The van der Waals surface area contributed by atoms with Gasteiger partial charge in [0.1, 0.15) is 17.1 Å². The topological polar surface area (TPSA) is 193 Å². The molecule has 3 rings (SSSR count). The van der Waals surface area contributed by atoms with Crippen molar-refractivity contribution in [3.63, 3.8) is 0 Å². The molecule has 0 aliphatic heterocycles. The van der Waals surface area contributed by atoms with Crippen LogP contribution in [0, 0.1) is 0 Å². The van der Waals surface area contributed by atoms with Gasteiger partial charge in [-0.3, -0.25) is 19.4 Å². The third-order valence-electron chi connectivity index (χ3n) is 4.94. The van der Waals surface area contributed by atoms with E-state index < -0.39 is 5.91 Å². The zero-order chi connectivity index (χ0) is 25.0. The third kappa shape index (κ3) is 5.56. The number of aromatic nitrogens is 3. The van der Waals surface area contributed by atoms with Gasteiger partial charge < -0.3 is 46.9 Å². The first-order valence-electron chi connectivity index (χ1n) is 10.3. The molecule has 34 heavy (non-hydrogen) atoms. The molecule has 0 fully saturated rings. The van der Waals surface area contributed by atoms with E-state index in [-0.39, 0.29) is 30.9 Å². The molecule has 180 valence electrons. The molecule has 0 unspecified atom stereocenters. The lowest BCUT2D eigenvalue weighted by Gasteiger charge is -2.04. The van der Waals surface area contributed by atoms with Crippen LogP contribution in [0.1, 0.15) is 31.5 Å². The quantitative estimate of drug-likeness (QED) is 0.150. The summed E-state index contributed by atoms with van der Waals surface area (Å²) in [5.41, 5.74) is 18.7. The molecule has 0 saturated heterocycles. The number of nitrogens with zero attached hydrogens (tertiary/aromatic N) is 4. The fraction of sp³-hybridized carbons (Fsp3) is 0.238. The van der Waals surface area contributed by atoms with Crippen LogP contribution in [0.4, 0.5) is 17.1 Å². The first-order chi connectivity index (χ1) is 16.0. The maximum absolute atomic E-state index is 12.8. The maximum Gasteiger partial charge on any atom is 0.272 e. The lowest BCUT2D eigenvalue weighted by atomic mass is 10.3. The molecule has 3 aromatic rings. The van der Waals surface area contributed by atoms with E-state index in [0.717, 1.165) is 0 Å². The SMILES string of the molecule is Cn1cc(NC(=O)c2cc(NC(=O)c3cc(N)cn3C)cn2C)cc1C(=O)NCCN=C(N)N. The van der Waals surface area contributed by atoms with Gasteiger partial charge in [-0.15, -0.1) is 0 Å². The van der Waals surface area contributed by atoms with Crippen molar-refractivity contribution in [3.05, 3.63) is 53.9 Å². The molecule has 0 aliphatic rings. The first-order valence-corrected chi connectivity index (χ1v) is 10.3. The van der Waals surface area contributed by atoms with E-state index in [2.05, 4.69) is 20.9 Å². The van der Waals surface area contributed by atoms with E-state index in [4.69, 9.17) is 17.2 Å². The molecule has 0 atom stereocenters. The number of nitrogens with two attached hydrogens (primary N) is 3. The van der Waals surface area contributed by atoms with Gasteiger partial charge in [-0.25, -0.2) is 0 Å².